The number of carbonyl (C=O) groups excluding carboxylic acids is 1. The highest BCUT2D eigenvalue weighted by molar-refractivity contribution is 8.01. The average molecular weight is 420 g/mol. The second-order valence-corrected chi connectivity index (χ2v) is 8.32. The Balaban J connectivity index is 2.22. The van der Waals surface area contributed by atoms with E-state index in [2.05, 4.69) is 5.32 Å². The lowest BCUT2D eigenvalue weighted by atomic mass is 9.84. The highest BCUT2D eigenvalue weighted by Crippen LogP contribution is 2.50. The fourth-order valence-corrected chi connectivity index (χ4v) is 5.16. The molecule has 0 saturated heterocycles. The van der Waals surface area contributed by atoms with Crippen molar-refractivity contribution in [2.45, 2.75) is 29.9 Å². The van der Waals surface area contributed by atoms with Gasteiger partial charge < -0.3 is 10.4 Å². The van der Waals surface area contributed by atoms with Gasteiger partial charge in [0.1, 0.15) is 0 Å². The Hall–Kier alpha value is -3.05. The van der Waals surface area contributed by atoms with Gasteiger partial charge in [-0.05, 0) is 16.7 Å². The number of hydrogen-bond acceptors (Lipinski definition) is 3. The van der Waals surface area contributed by atoms with Crippen LogP contribution in [0.5, 0.6) is 0 Å². The Morgan fingerprint density at radius 3 is 1.57 bits per heavy atom. The van der Waals surface area contributed by atoms with Crippen LogP contribution in [0, 0.1) is 0 Å². The van der Waals surface area contributed by atoms with Crippen molar-refractivity contribution in [3.8, 4) is 0 Å². The number of rotatable bonds is 9. The van der Waals surface area contributed by atoms with E-state index in [0.29, 0.717) is 6.42 Å². The van der Waals surface area contributed by atoms with Gasteiger partial charge in [0.2, 0.25) is 5.91 Å². The molecule has 0 saturated carbocycles. The average Bonchev–Trinajstić information content (AvgIpc) is 2.78. The van der Waals surface area contributed by atoms with Crippen LogP contribution in [0.3, 0.4) is 0 Å². The first kappa shape index (κ1) is 21.7. The van der Waals surface area contributed by atoms with Gasteiger partial charge in [-0.2, -0.15) is 0 Å². The zero-order chi connectivity index (χ0) is 21.4. The summed E-state index contributed by atoms with van der Waals surface area (Å²) < 4.78 is -0.690. The van der Waals surface area contributed by atoms with E-state index in [1.54, 1.807) is 6.92 Å². The van der Waals surface area contributed by atoms with Gasteiger partial charge >= 0.3 is 5.97 Å². The van der Waals surface area contributed by atoms with Crippen LogP contribution in [0.4, 0.5) is 0 Å². The fraction of sp³-hybridized carbons (Fsp3) is 0.200. The summed E-state index contributed by atoms with van der Waals surface area (Å²) in [6.45, 7) is 1.76. The minimum atomic E-state index is -0.952. The molecule has 0 fully saturated rings. The number of aliphatic carboxylic acids is 1. The molecule has 0 bridgehead atoms. The van der Waals surface area contributed by atoms with Gasteiger partial charge in [-0.3, -0.25) is 9.59 Å². The van der Waals surface area contributed by atoms with Crippen molar-refractivity contribution in [1.29, 1.82) is 0 Å². The van der Waals surface area contributed by atoms with Crippen molar-refractivity contribution in [2.75, 3.05) is 0 Å². The summed E-state index contributed by atoms with van der Waals surface area (Å²) in [4.78, 5) is 23.8. The van der Waals surface area contributed by atoms with Crippen LogP contribution in [0.1, 0.15) is 36.5 Å². The van der Waals surface area contributed by atoms with Crippen LogP contribution in [0.15, 0.2) is 91.0 Å². The minimum absolute atomic E-state index is 0.170. The highest BCUT2D eigenvalue weighted by atomic mass is 32.2. The lowest BCUT2D eigenvalue weighted by Gasteiger charge is -2.38. The smallest absolute Gasteiger partial charge is 0.306 e. The summed E-state index contributed by atoms with van der Waals surface area (Å²) in [5.74, 6) is -1.12. The monoisotopic (exact) mass is 419 g/mol. The van der Waals surface area contributed by atoms with E-state index in [-0.39, 0.29) is 12.3 Å². The molecule has 0 spiro atoms. The van der Waals surface area contributed by atoms with Crippen molar-refractivity contribution in [1.82, 2.24) is 5.32 Å². The topological polar surface area (TPSA) is 66.4 Å². The molecule has 0 aliphatic heterocycles. The molecule has 0 aliphatic carbocycles. The quantitative estimate of drug-likeness (QED) is 0.377. The molecular formula is C25H25NO3S. The molecular weight excluding hydrogens is 394 g/mol. The van der Waals surface area contributed by atoms with Gasteiger partial charge in [-0.15, -0.1) is 11.8 Å². The first-order chi connectivity index (χ1) is 14.6. The zero-order valence-corrected chi connectivity index (χ0v) is 17.6. The lowest BCUT2D eigenvalue weighted by Crippen LogP contribution is -2.39. The SMILES string of the molecule is CCC(=O)N[C@@H](CC(=O)O)SC(c1ccccc1)(c1ccccc1)c1ccccc1. The van der Waals surface area contributed by atoms with E-state index in [0.717, 1.165) is 16.7 Å². The highest BCUT2D eigenvalue weighted by Gasteiger charge is 2.40. The van der Waals surface area contributed by atoms with Gasteiger partial charge in [0.15, 0.2) is 0 Å². The molecule has 3 aromatic rings. The summed E-state index contributed by atoms with van der Waals surface area (Å²) >= 11 is 1.46. The Morgan fingerprint density at radius 2 is 1.23 bits per heavy atom. The van der Waals surface area contributed by atoms with Crippen molar-refractivity contribution < 1.29 is 14.7 Å². The van der Waals surface area contributed by atoms with E-state index < -0.39 is 16.1 Å². The summed E-state index contributed by atoms with van der Waals surface area (Å²) in [6, 6.07) is 30.0. The van der Waals surface area contributed by atoms with Crippen LogP contribution in [0.25, 0.3) is 0 Å². The first-order valence-corrected chi connectivity index (χ1v) is 10.8. The van der Waals surface area contributed by atoms with Gasteiger partial charge in [0.05, 0.1) is 16.5 Å². The maximum absolute atomic E-state index is 12.2. The van der Waals surface area contributed by atoms with Gasteiger partial charge in [-0.1, -0.05) is 97.9 Å². The summed E-state index contributed by atoms with van der Waals surface area (Å²) in [5, 5.41) is 11.8. The molecule has 3 rings (SSSR count). The van der Waals surface area contributed by atoms with Crippen LogP contribution < -0.4 is 5.32 Å². The molecule has 2 N–H and O–H groups in total. The first-order valence-electron chi connectivity index (χ1n) is 9.91. The summed E-state index contributed by atoms with van der Waals surface area (Å²) in [5.41, 5.74) is 3.07. The second kappa shape index (κ2) is 10.1. The fourth-order valence-electron chi connectivity index (χ4n) is 3.50. The predicted molar refractivity (Wildman–Crippen MR) is 121 cm³/mol. The molecule has 5 heteroatoms. The number of carbonyl (C=O) groups is 2. The normalized spacial score (nSPS) is 12.2. The van der Waals surface area contributed by atoms with E-state index >= 15 is 0 Å². The molecule has 0 aliphatic rings. The van der Waals surface area contributed by atoms with Crippen molar-refractivity contribution >= 4 is 23.6 Å². The molecule has 3 aromatic carbocycles. The number of amides is 1. The molecule has 0 unspecified atom stereocenters. The third kappa shape index (κ3) is 4.92. The third-order valence-corrected chi connectivity index (χ3v) is 6.49. The standard InChI is InChI=1S/C25H25NO3S/c1-2-22(27)26-23(18-24(28)29)30-25(19-12-6-3-7-13-19,20-14-8-4-9-15-20)21-16-10-5-11-17-21/h3-17,23H,2,18H2,1H3,(H,26,27)(H,28,29)/t23-/m1/s1. The van der Waals surface area contributed by atoms with E-state index in [1.165, 1.54) is 11.8 Å². The third-order valence-electron chi connectivity index (χ3n) is 4.86. The number of carboxylic acid groups (broad SMARTS) is 1. The maximum Gasteiger partial charge on any atom is 0.306 e. The number of hydrogen-bond donors (Lipinski definition) is 2. The predicted octanol–water partition coefficient (Wildman–Crippen LogP) is 5.04. The molecule has 1 amide bonds. The van der Waals surface area contributed by atoms with E-state index in [9.17, 15) is 14.7 Å². The largest absolute Gasteiger partial charge is 0.481 e. The van der Waals surface area contributed by atoms with Crippen LogP contribution in [-0.4, -0.2) is 22.4 Å². The zero-order valence-electron chi connectivity index (χ0n) is 16.8. The molecule has 0 radical (unpaired) electrons. The molecule has 0 aromatic heterocycles. The number of carboxylic acids is 1. The molecule has 0 heterocycles. The Bertz CT molecular complexity index is 865. The van der Waals surface area contributed by atoms with Gasteiger partial charge in [0, 0.05) is 6.42 Å². The van der Waals surface area contributed by atoms with Crippen molar-refractivity contribution in [2.24, 2.45) is 0 Å². The van der Waals surface area contributed by atoms with Gasteiger partial charge in [-0.25, -0.2) is 0 Å². The van der Waals surface area contributed by atoms with Crippen LogP contribution in [0.2, 0.25) is 0 Å². The van der Waals surface area contributed by atoms with E-state index in [4.69, 9.17) is 0 Å². The van der Waals surface area contributed by atoms with Crippen LogP contribution in [-0.2, 0) is 14.3 Å². The molecule has 30 heavy (non-hydrogen) atoms. The van der Waals surface area contributed by atoms with Crippen molar-refractivity contribution in [3.63, 3.8) is 0 Å². The maximum atomic E-state index is 12.2. The minimum Gasteiger partial charge on any atom is -0.481 e. The lowest BCUT2D eigenvalue weighted by molar-refractivity contribution is -0.137. The van der Waals surface area contributed by atoms with Crippen molar-refractivity contribution in [3.05, 3.63) is 108 Å². The molecule has 1 atom stereocenters. The second-order valence-electron chi connectivity index (χ2n) is 6.90. The molecule has 4 nitrogen and oxygen atoms in total. The van der Waals surface area contributed by atoms with Gasteiger partial charge in [0.25, 0.3) is 0 Å². The number of benzene rings is 3. The van der Waals surface area contributed by atoms with E-state index in [1.807, 2.05) is 91.0 Å². The number of nitrogens with one attached hydrogen (secondary N) is 1. The molecule has 154 valence electrons. The number of thioether (sulfide) groups is 1. The Morgan fingerprint density at radius 1 is 0.833 bits per heavy atom. The van der Waals surface area contributed by atoms with Crippen LogP contribution >= 0.6 is 11.8 Å². The summed E-state index contributed by atoms with van der Waals surface area (Å²) in [6.07, 6.45) is 0.121. The Kier molecular flexibility index (Phi) is 7.31. The summed E-state index contributed by atoms with van der Waals surface area (Å²) in [7, 11) is 0. The Labute approximate surface area is 181 Å².